The molecule has 0 aromatic heterocycles. The van der Waals surface area contributed by atoms with Crippen molar-refractivity contribution < 1.29 is 0 Å². The van der Waals surface area contributed by atoms with Crippen molar-refractivity contribution >= 4 is 17.3 Å². The van der Waals surface area contributed by atoms with Gasteiger partial charge in [-0.3, -0.25) is 0 Å². The van der Waals surface area contributed by atoms with Crippen LogP contribution in [0.2, 0.25) is 5.02 Å². The van der Waals surface area contributed by atoms with Crippen LogP contribution in [0.1, 0.15) is 18.4 Å². The highest BCUT2D eigenvalue weighted by atomic mass is 35.5. The second-order valence-corrected chi connectivity index (χ2v) is 4.67. The number of halogens is 1. The van der Waals surface area contributed by atoms with E-state index in [1.54, 1.807) is 12.1 Å². The van der Waals surface area contributed by atoms with Crippen molar-refractivity contribution in [3.8, 4) is 12.1 Å². The molecule has 17 heavy (non-hydrogen) atoms. The van der Waals surface area contributed by atoms with Crippen LogP contribution in [0.4, 0.5) is 5.69 Å². The number of rotatable bonds is 4. The number of nitrogens with zero attached hydrogens (tertiary/aromatic N) is 3. The van der Waals surface area contributed by atoms with E-state index in [1.165, 1.54) is 12.8 Å². The van der Waals surface area contributed by atoms with Gasteiger partial charge in [-0.05, 0) is 37.0 Å². The van der Waals surface area contributed by atoms with Gasteiger partial charge in [-0.15, -0.1) is 0 Å². The lowest BCUT2D eigenvalue weighted by molar-refractivity contribution is 0.763. The van der Waals surface area contributed by atoms with Crippen LogP contribution in [0.15, 0.2) is 18.2 Å². The van der Waals surface area contributed by atoms with Gasteiger partial charge in [-0.2, -0.15) is 10.5 Å². The lowest BCUT2D eigenvalue weighted by Gasteiger charge is -2.21. The average Bonchev–Trinajstić information content (AvgIpc) is 3.12. The van der Waals surface area contributed by atoms with E-state index in [9.17, 15) is 0 Å². The molecule has 0 atom stereocenters. The maximum Gasteiger partial charge on any atom is 0.105 e. The summed E-state index contributed by atoms with van der Waals surface area (Å²) < 4.78 is 0. The van der Waals surface area contributed by atoms with Gasteiger partial charge in [0.1, 0.15) is 12.6 Å². The average molecular weight is 246 g/mol. The third kappa shape index (κ3) is 2.90. The Bertz CT molecular complexity index is 494. The fourth-order valence-electron chi connectivity index (χ4n) is 1.75. The molecule has 0 radical (unpaired) electrons. The predicted octanol–water partition coefficient (Wildman–Crippen LogP) is 2.95. The molecule has 0 bridgehead atoms. The van der Waals surface area contributed by atoms with Crippen LogP contribution in [0.3, 0.4) is 0 Å². The Morgan fingerprint density at radius 3 is 2.65 bits per heavy atom. The Labute approximate surface area is 106 Å². The van der Waals surface area contributed by atoms with Crippen molar-refractivity contribution in [2.45, 2.75) is 12.8 Å². The first kappa shape index (κ1) is 11.8. The summed E-state index contributed by atoms with van der Waals surface area (Å²) in [4.78, 5) is 2.02. The molecule has 86 valence electrons. The number of hydrogen-bond donors (Lipinski definition) is 0. The molecule has 0 amide bonds. The summed E-state index contributed by atoms with van der Waals surface area (Å²) >= 11 is 5.99. The van der Waals surface area contributed by atoms with Crippen molar-refractivity contribution in [3.63, 3.8) is 0 Å². The summed E-state index contributed by atoms with van der Waals surface area (Å²) in [6.07, 6.45) is 2.48. The normalized spacial score (nSPS) is 13.8. The van der Waals surface area contributed by atoms with E-state index in [0.29, 0.717) is 23.0 Å². The van der Waals surface area contributed by atoms with E-state index in [2.05, 4.69) is 6.07 Å². The van der Waals surface area contributed by atoms with E-state index < -0.39 is 0 Å². The van der Waals surface area contributed by atoms with Gasteiger partial charge in [0, 0.05) is 12.2 Å². The first-order valence-corrected chi connectivity index (χ1v) is 5.94. The molecule has 2 rings (SSSR count). The van der Waals surface area contributed by atoms with Crippen molar-refractivity contribution in [2.24, 2.45) is 5.92 Å². The molecule has 0 saturated heterocycles. The molecule has 1 fully saturated rings. The fourth-order valence-corrected chi connectivity index (χ4v) is 1.97. The van der Waals surface area contributed by atoms with Gasteiger partial charge in [0.05, 0.1) is 16.7 Å². The molecule has 1 aliphatic carbocycles. The van der Waals surface area contributed by atoms with Crippen LogP contribution in [0.25, 0.3) is 0 Å². The quantitative estimate of drug-likeness (QED) is 0.767. The minimum atomic E-state index is 0.360. The molecule has 3 nitrogen and oxygen atoms in total. The molecule has 1 aromatic rings. The van der Waals surface area contributed by atoms with Crippen LogP contribution in [-0.4, -0.2) is 13.1 Å². The standard InChI is InChI=1S/C13H12ClN3/c14-13-7-12(4-3-11(13)8-16)17(6-5-15)9-10-1-2-10/h3-4,7,10H,1-2,6,9H2. The van der Waals surface area contributed by atoms with Gasteiger partial charge in [-0.1, -0.05) is 11.6 Å². The maximum atomic E-state index is 8.82. The number of anilines is 1. The number of benzene rings is 1. The van der Waals surface area contributed by atoms with E-state index in [4.69, 9.17) is 22.1 Å². The van der Waals surface area contributed by atoms with Gasteiger partial charge in [0.25, 0.3) is 0 Å². The molecule has 0 unspecified atom stereocenters. The van der Waals surface area contributed by atoms with E-state index in [-0.39, 0.29) is 0 Å². The highest BCUT2D eigenvalue weighted by Gasteiger charge is 2.24. The smallest absolute Gasteiger partial charge is 0.105 e. The second-order valence-electron chi connectivity index (χ2n) is 4.26. The van der Waals surface area contributed by atoms with Crippen molar-refractivity contribution in [2.75, 3.05) is 18.0 Å². The number of nitriles is 2. The van der Waals surface area contributed by atoms with Gasteiger partial charge in [0.15, 0.2) is 0 Å². The summed E-state index contributed by atoms with van der Waals surface area (Å²) in [5, 5.41) is 18.1. The maximum absolute atomic E-state index is 8.82. The monoisotopic (exact) mass is 245 g/mol. The Morgan fingerprint density at radius 2 is 2.12 bits per heavy atom. The summed E-state index contributed by atoms with van der Waals surface area (Å²) in [6, 6.07) is 9.51. The van der Waals surface area contributed by atoms with Gasteiger partial charge >= 0.3 is 0 Å². The zero-order chi connectivity index (χ0) is 12.3. The minimum absolute atomic E-state index is 0.360. The van der Waals surface area contributed by atoms with Gasteiger partial charge < -0.3 is 4.90 Å². The van der Waals surface area contributed by atoms with E-state index >= 15 is 0 Å². The Hall–Kier alpha value is -1.71. The Kier molecular flexibility index (Phi) is 3.52. The van der Waals surface area contributed by atoms with E-state index in [0.717, 1.165) is 12.2 Å². The topological polar surface area (TPSA) is 50.8 Å². The zero-order valence-electron chi connectivity index (χ0n) is 9.36. The van der Waals surface area contributed by atoms with Crippen molar-refractivity contribution in [1.29, 1.82) is 10.5 Å². The molecule has 1 saturated carbocycles. The van der Waals surface area contributed by atoms with Crippen LogP contribution in [0.5, 0.6) is 0 Å². The summed E-state index contributed by atoms with van der Waals surface area (Å²) in [7, 11) is 0. The molecule has 0 N–H and O–H groups in total. The summed E-state index contributed by atoms with van der Waals surface area (Å²) in [5.74, 6) is 0.706. The van der Waals surface area contributed by atoms with E-state index in [1.807, 2.05) is 17.0 Å². The Morgan fingerprint density at radius 1 is 1.35 bits per heavy atom. The lowest BCUT2D eigenvalue weighted by atomic mass is 10.2. The summed E-state index contributed by atoms with van der Waals surface area (Å²) in [6.45, 7) is 1.26. The van der Waals surface area contributed by atoms with Crippen LogP contribution in [-0.2, 0) is 0 Å². The molecule has 1 aromatic carbocycles. The zero-order valence-corrected chi connectivity index (χ0v) is 10.1. The molecule has 0 aliphatic heterocycles. The van der Waals surface area contributed by atoms with Gasteiger partial charge in [-0.25, -0.2) is 0 Å². The largest absolute Gasteiger partial charge is 0.358 e. The third-order valence-electron chi connectivity index (χ3n) is 2.88. The van der Waals surface area contributed by atoms with Crippen molar-refractivity contribution in [1.82, 2.24) is 0 Å². The van der Waals surface area contributed by atoms with Crippen LogP contribution in [0, 0.1) is 28.6 Å². The molecule has 0 heterocycles. The van der Waals surface area contributed by atoms with Gasteiger partial charge in [0.2, 0.25) is 0 Å². The molecule has 1 aliphatic rings. The highest BCUT2D eigenvalue weighted by Crippen LogP contribution is 2.32. The molecule has 0 spiro atoms. The lowest BCUT2D eigenvalue weighted by Crippen LogP contribution is -2.25. The molecule has 4 heteroatoms. The number of hydrogen-bond acceptors (Lipinski definition) is 3. The van der Waals surface area contributed by atoms with Crippen LogP contribution < -0.4 is 4.90 Å². The first-order chi connectivity index (χ1) is 8.24. The third-order valence-corrected chi connectivity index (χ3v) is 3.19. The Balaban J connectivity index is 2.20. The molecular formula is C13H12ClN3. The first-order valence-electron chi connectivity index (χ1n) is 5.56. The summed E-state index contributed by atoms with van der Waals surface area (Å²) in [5.41, 5.74) is 1.39. The highest BCUT2D eigenvalue weighted by molar-refractivity contribution is 6.32. The second kappa shape index (κ2) is 5.08. The SMILES string of the molecule is N#CCN(CC1CC1)c1ccc(C#N)c(Cl)c1. The van der Waals surface area contributed by atoms with Crippen LogP contribution >= 0.6 is 11.6 Å². The molecular weight excluding hydrogens is 234 g/mol. The van der Waals surface area contributed by atoms with Crippen molar-refractivity contribution in [3.05, 3.63) is 28.8 Å². The fraction of sp³-hybridized carbons (Fsp3) is 0.385. The minimum Gasteiger partial charge on any atom is -0.358 e. The predicted molar refractivity (Wildman–Crippen MR) is 66.7 cm³/mol.